The Morgan fingerprint density at radius 3 is 1.54 bits per heavy atom. The SMILES string of the molecule is F[B-](F)(F)F.[2H][n+]1ccc(C(CC(=O)C(C)(C)C)CC(=O)C(C)(C)C)cc1. The largest absolute Gasteiger partial charge is 0.673 e. The summed E-state index contributed by atoms with van der Waals surface area (Å²) in [6.45, 7) is 11.4. The molecule has 0 aliphatic heterocycles. The highest BCUT2D eigenvalue weighted by Gasteiger charge is 2.30. The topological polar surface area (TPSA) is 48.3 Å². The molecule has 0 saturated heterocycles. The summed E-state index contributed by atoms with van der Waals surface area (Å²) >= 11 is 0. The summed E-state index contributed by atoms with van der Waals surface area (Å²) in [7, 11) is -6.00. The molecule has 1 aromatic heterocycles. The number of carbonyl (C=O) groups excluding carboxylic acids is 2. The lowest BCUT2D eigenvalue weighted by Crippen LogP contribution is -2.26. The van der Waals surface area contributed by atoms with Crippen LogP contribution in [0.5, 0.6) is 0 Å². The first kappa shape index (κ1) is 22.3. The molecular formula is C18H28BF4NO2. The Morgan fingerprint density at radius 2 is 1.27 bits per heavy atom. The molecule has 0 aliphatic rings. The minimum atomic E-state index is -6.00. The van der Waals surface area contributed by atoms with Crippen LogP contribution in [0.3, 0.4) is 0 Å². The summed E-state index contributed by atoms with van der Waals surface area (Å²) in [6, 6.07) is 3.65. The van der Waals surface area contributed by atoms with E-state index in [9.17, 15) is 26.9 Å². The molecule has 148 valence electrons. The van der Waals surface area contributed by atoms with Crippen molar-refractivity contribution in [3.8, 4) is 0 Å². The van der Waals surface area contributed by atoms with E-state index < -0.39 is 18.1 Å². The van der Waals surface area contributed by atoms with E-state index >= 15 is 0 Å². The highest BCUT2D eigenvalue weighted by atomic mass is 19.5. The van der Waals surface area contributed by atoms with Gasteiger partial charge in [0.2, 0.25) is 0 Å². The molecule has 0 fully saturated rings. The fraction of sp³-hybridized carbons (Fsp3) is 0.611. The third kappa shape index (κ3) is 11.0. The lowest BCUT2D eigenvalue weighted by molar-refractivity contribution is -0.378. The fourth-order valence-electron chi connectivity index (χ4n) is 2.00. The molecule has 0 aliphatic carbocycles. The summed E-state index contributed by atoms with van der Waals surface area (Å²) in [5, 5.41) is 0. The van der Waals surface area contributed by atoms with Gasteiger partial charge in [-0.3, -0.25) is 9.59 Å². The molecule has 0 bridgehead atoms. The second-order valence-corrected chi connectivity index (χ2v) is 8.23. The van der Waals surface area contributed by atoms with E-state index in [0.717, 1.165) is 5.56 Å². The van der Waals surface area contributed by atoms with Crippen LogP contribution in [0.1, 0.15) is 65.9 Å². The minimum absolute atomic E-state index is 0.125. The van der Waals surface area contributed by atoms with Gasteiger partial charge >= 0.3 is 8.67 Å². The van der Waals surface area contributed by atoms with Gasteiger partial charge in [-0.2, -0.15) is 0 Å². The molecule has 1 aromatic rings. The van der Waals surface area contributed by atoms with Crippen molar-refractivity contribution >= 4 is 18.8 Å². The fourth-order valence-corrected chi connectivity index (χ4v) is 2.00. The maximum absolute atomic E-state index is 12.4. The molecule has 0 atom stereocenters. The number of nitrogens with one attached hydrogen (secondary N) is 1. The number of carbonyl (C=O) groups is 2. The normalized spacial score (nSPS) is 13.0. The molecule has 0 saturated carbocycles. The molecule has 1 heterocycles. The zero-order valence-corrected chi connectivity index (χ0v) is 16.2. The van der Waals surface area contributed by atoms with Gasteiger partial charge in [-0.25, -0.2) is 4.98 Å². The van der Waals surface area contributed by atoms with Gasteiger partial charge < -0.3 is 17.3 Å². The molecule has 8 heteroatoms. The summed E-state index contributed by atoms with van der Waals surface area (Å²) in [4.78, 5) is 26.0. The first-order valence-electron chi connectivity index (χ1n) is 8.80. The maximum Gasteiger partial charge on any atom is 0.673 e. The zero-order valence-electron chi connectivity index (χ0n) is 17.2. The third-order valence-corrected chi connectivity index (χ3v) is 3.71. The van der Waals surface area contributed by atoms with E-state index in [4.69, 9.17) is 1.41 Å². The highest BCUT2D eigenvalue weighted by Crippen LogP contribution is 2.31. The molecule has 26 heavy (non-hydrogen) atoms. The number of hydrogen-bond donors (Lipinski definition) is 0. The summed E-state index contributed by atoms with van der Waals surface area (Å²) < 4.78 is 46.5. The van der Waals surface area contributed by atoms with Crippen molar-refractivity contribution < 1.29 is 33.2 Å². The van der Waals surface area contributed by atoms with Gasteiger partial charge in [0.25, 0.3) is 0 Å². The number of halogens is 4. The van der Waals surface area contributed by atoms with E-state index in [1.807, 2.05) is 53.7 Å². The molecular weight excluding hydrogens is 349 g/mol. The quantitative estimate of drug-likeness (QED) is 0.541. The molecule has 0 radical (unpaired) electrons. The van der Waals surface area contributed by atoms with Crippen molar-refractivity contribution in [2.75, 3.05) is 0 Å². The number of hydrogen-bond acceptors (Lipinski definition) is 2. The van der Waals surface area contributed by atoms with Crippen molar-refractivity contribution in [1.82, 2.24) is 0 Å². The van der Waals surface area contributed by atoms with Gasteiger partial charge in [-0.15, -0.1) is 0 Å². The van der Waals surface area contributed by atoms with Crippen LogP contribution in [-0.4, -0.2) is 18.8 Å². The predicted molar refractivity (Wildman–Crippen MR) is 94.1 cm³/mol. The second-order valence-electron chi connectivity index (χ2n) is 8.23. The van der Waals surface area contributed by atoms with Crippen LogP contribution in [0.4, 0.5) is 17.3 Å². The van der Waals surface area contributed by atoms with Crippen molar-refractivity contribution in [1.29, 1.82) is 0 Å². The van der Waals surface area contributed by atoms with E-state index in [1.165, 1.54) is 4.98 Å². The van der Waals surface area contributed by atoms with Crippen molar-refractivity contribution in [3.05, 3.63) is 30.1 Å². The molecule has 0 unspecified atom stereocenters. The zero-order chi connectivity index (χ0) is 21.6. The van der Waals surface area contributed by atoms with E-state index in [-0.39, 0.29) is 17.5 Å². The molecule has 1 N–H and O–H groups in total. The lowest BCUT2D eigenvalue weighted by atomic mass is 9.78. The molecule has 0 amide bonds. The molecule has 0 spiro atoms. The monoisotopic (exact) mass is 378 g/mol. The van der Waals surface area contributed by atoms with Gasteiger partial charge in [0.15, 0.2) is 12.4 Å². The van der Waals surface area contributed by atoms with Crippen LogP contribution in [0.2, 0.25) is 1.41 Å². The van der Waals surface area contributed by atoms with Gasteiger partial charge in [-0.1, -0.05) is 41.5 Å². The predicted octanol–water partition coefficient (Wildman–Crippen LogP) is 4.89. The summed E-state index contributed by atoms with van der Waals surface area (Å²) in [6.07, 6.45) is 3.97. The van der Waals surface area contributed by atoms with Gasteiger partial charge in [-0.05, 0) is 11.5 Å². The van der Waals surface area contributed by atoms with Crippen LogP contribution >= 0.6 is 0 Å². The molecule has 0 aromatic carbocycles. The van der Waals surface area contributed by atoms with Crippen LogP contribution in [0.25, 0.3) is 0 Å². The van der Waals surface area contributed by atoms with E-state index in [1.54, 1.807) is 12.4 Å². The van der Waals surface area contributed by atoms with Crippen molar-refractivity contribution in [2.45, 2.75) is 60.3 Å². The first-order chi connectivity index (χ1) is 11.9. The number of ketones is 2. The highest BCUT2D eigenvalue weighted by molar-refractivity contribution is 6.50. The van der Waals surface area contributed by atoms with Gasteiger partial charge in [0.1, 0.15) is 11.6 Å². The summed E-state index contributed by atoms with van der Waals surface area (Å²) in [5.74, 6) is 0.184. The van der Waals surface area contributed by atoms with Crippen LogP contribution in [0.15, 0.2) is 24.5 Å². The number of rotatable bonds is 5. The number of pyridine rings is 1. The van der Waals surface area contributed by atoms with E-state index in [0.29, 0.717) is 12.8 Å². The lowest BCUT2D eigenvalue weighted by Gasteiger charge is -2.24. The van der Waals surface area contributed by atoms with Gasteiger partial charge in [0.05, 0.1) is 0 Å². The van der Waals surface area contributed by atoms with E-state index in [2.05, 4.69) is 0 Å². The average molecular weight is 378 g/mol. The number of aromatic nitrogens is 1. The third-order valence-electron chi connectivity index (χ3n) is 3.71. The van der Waals surface area contributed by atoms with Gasteiger partial charge in [0, 0.05) is 35.8 Å². The Bertz CT molecular complexity index is 601. The standard InChI is InChI=1S/C18H27NO2.BF4/c1-17(2,3)15(20)11-14(12-16(21)18(4,5)6)13-7-9-19-10-8-13;2-1(3,4)5/h7-10,14H,11-12H2,1-6H3;/q;-1/p+1/i/hD. The smallest absolute Gasteiger partial charge is 0.418 e. The Labute approximate surface area is 154 Å². The summed E-state index contributed by atoms with van der Waals surface area (Å²) in [5.41, 5.74) is 0.124. The number of aromatic amines is 1. The average Bonchev–Trinajstić information content (AvgIpc) is 2.43. The molecule has 1 rings (SSSR count). The Kier molecular flexibility index (Phi) is 7.97. The Morgan fingerprint density at radius 1 is 0.962 bits per heavy atom. The number of H-pyrrole nitrogens is 1. The first-order valence-corrected chi connectivity index (χ1v) is 8.35. The number of Topliss-reactive ketones (excluding diaryl/α,β-unsaturated/α-hetero) is 2. The Balaban J connectivity index is 0.00000119. The second kappa shape index (κ2) is 9.28. The molecule has 3 nitrogen and oxygen atoms in total. The van der Waals surface area contributed by atoms with Crippen LogP contribution in [0, 0.1) is 10.8 Å². The maximum atomic E-state index is 12.4. The van der Waals surface area contributed by atoms with Crippen LogP contribution < -0.4 is 4.98 Å². The van der Waals surface area contributed by atoms with Crippen molar-refractivity contribution in [3.63, 3.8) is 0 Å². The van der Waals surface area contributed by atoms with Crippen molar-refractivity contribution in [2.24, 2.45) is 10.8 Å². The minimum Gasteiger partial charge on any atom is -0.418 e. The Hall–Kier alpha value is -1.73. The van der Waals surface area contributed by atoms with Crippen LogP contribution in [-0.2, 0) is 9.59 Å².